The van der Waals surface area contributed by atoms with Gasteiger partial charge in [-0.15, -0.1) is 0 Å². The van der Waals surface area contributed by atoms with Crippen LogP contribution in [0.3, 0.4) is 0 Å². The van der Waals surface area contributed by atoms with Gasteiger partial charge in [-0.05, 0) is 12.2 Å². The van der Waals surface area contributed by atoms with Crippen molar-refractivity contribution in [1.82, 2.24) is 0 Å². The van der Waals surface area contributed by atoms with Gasteiger partial charge in [-0.25, -0.2) is 0 Å². The maximum Gasteiger partial charge on any atom is 0.201 e. The second kappa shape index (κ2) is 3.39. The molecule has 0 fully saturated rings. The molecular formula is C5H2O5-2. The van der Waals surface area contributed by atoms with Crippen molar-refractivity contribution >= 4 is 17.7 Å². The van der Waals surface area contributed by atoms with Crippen LogP contribution in [0.1, 0.15) is 0 Å². The van der Waals surface area contributed by atoms with E-state index in [-0.39, 0.29) is 0 Å². The molecule has 0 heterocycles. The largest absolute Gasteiger partial charge is 0.545 e. The van der Waals surface area contributed by atoms with E-state index in [1.807, 2.05) is 0 Å². The van der Waals surface area contributed by atoms with Gasteiger partial charge in [0.15, 0.2) is 0 Å². The SMILES string of the molecule is O=C([O-])/C=C/C(=O)C(=O)[O-]. The predicted molar refractivity (Wildman–Crippen MR) is 24.2 cm³/mol. The van der Waals surface area contributed by atoms with Crippen molar-refractivity contribution in [1.29, 1.82) is 0 Å². The van der Waals surface area contributed by atoms with Crippen LogP contribution in [0.5, 0.6) is 0 Å². The molecule has 0 aliphatic rings. The number of hydrogen-bond acceptors (Lipinski definition) is 5. The quantitative estimate of drug-likeness (QED) is 0.302. The topological polar surface area (TPSA) is 97.3 Å². The molecule has 0 aliphatic carbocycles. The Hall–Kier alpha value is -1.65. The van der Waals surface area contributed by atoms with Gasteiger partial charge in [0, 0.05) is 0 Å². The molecule has 0 unspecified atom stereocenters. The predicted octanol–water partition coefficient (Wildman–Crippen LogP) is -3.39. The van der Waals surface area contributed by atoms with Gasteiger partial charge in [0.05, 0.1) is 5.97 Å². The number of carbonyl (C=O) groups is 3. The standard InChI is InChI=1S/C5H4O5/c6-3(5(9)10)1-2-4(7)8/h1-2H,(H,7,8)(H,9,10)/p-2/b2-1+. The molecule has 5 heteroatoms. The van der Waals surface area contributed by atoms with Gasteiger partial charge in [-0.2, -0.15) is 0 Å². The molecule has 0 amide bonds. The summed E-state index contributed by atoms with van der Waals surface area (Å²) in [6.07, 6.45) is 0.669. The molecule has 0 spiro atoms. The third-order valence-electron chi connectivity index (χ3n) is 0.572. The third-order valence-corrected chi connectivity index (χ3v) is 0.572. The van der Waals surface area contributed by atoms with Gasteiger partial charge in [0.25, 0.3) is 0 Å². The maximum absolute atomic E-state index is 10.0. The molecule has 0 aromatic rings. The molecule has 0 aromatic carbocycles. The minimum atomic E-state index is -1.95. The van der Waals surface area contributed by atoms with Crippen molar-refractivity contribution in [2.45, 2.75) is 0 Å². The fourth-order valence-corrected chi connectivity index (χ4v) is 0.212. The monoisotopic (exact) mass is 142 g/mol. The summed E-state index contributed by atoms with van der Waals surface area (Å²) in [6, 6.07) is 0. The van der Waals surface area contributed by atoms with Crippen LogP contribution < -0.4 is 10.2 Å². The summed E-state index contributed by atoms with van der Waals surface area (Å²) in [5.74, 6) is -4.98. The number of aliphatic carboxylic acids is 2. The van der Waals surface area contributed by atoms with E-state index in [2.05, 4.69) is 0 Å². The third kappa shape index (κ3) is 3.36. The van der Waals surface area contributed by atoms with Gasteiger partial charge in [0.2, 0.25) is 5.78 Å². The van der Waals surface area contributed by atoms with Crippen molar-refractivity contribution in [3.8, 4) is 0 Å². The van der Waals surface area contributed by atoms with Crippen LogP contribution >= 0.6 is 0 Å². The number of carboxylic acid groups (broad SMARTS) is 2. The highest BCUT2D eigenvalue weighted by molar-refractivity contribution is 6.36. The zero-order valence-corrected chi connectivity index (χ0v) is 4.70. The van der Waals surface area contributed by atoms with E-state index < -0.39 is 17.7 Å². The average Bonchev–Trinajstić information content (AvgIpc) is 1.82. The lowest BCUT2D eigenvalue weighted by Crippen LogP contribution is -2.30. The lowest BCUT2D eigenvalue weighted by molar-refractivity contribution is -0.299. The Labute approximate surface area is 55.6 Å². The lowest BCUT2D eigenvalue weighted by atomic mass is 10.3. The average molecular weight is 142 g/mol. The number of hydrogen-bond donors (Lipinski definition) is 0. The molecule has 54 valence electrons. The van der Waals surface area contributed by atoms with E-state index in [0.717, 1.165) is 0 Å². The molecule has 0 saturated heterocycles. The van der Waals surface area contributed by atoms with Crippen LogP contribution in [0.25, 0.3) is 0 Å². The van der Waals surface area contributed by atoms with Crippen LogP contribution in [-0.2, 0) is 14.4 Å². The Kier molecular flexibility index (Phi) is 2.83. The first-order chi connectivity index (χ1) is 4.54. The van der Waals surface area contributed by atoms with E-state index in [1.165, 1.54) is 0 Å². The second-order valence-corrected chi connectivity index (χ2v) is 1.30. The lowest BCUT2D eigenvalue weighted by Gasteiger charge is -1.93. The molecular weight excluding hydrogens is 140 g/mol. The van der Waals surface area contributed by atoms with Crippen molar-refractivity contribution in [2.24, 2.45) is 0 Å². The highest BCUT2D eigenvalue weighted by atomic mass is 16.4. The smallest absolute Gasteiger partial charge is 0.201 e. The molecule has 0 aliphatic heterocycles. The Bertz CT molecular complexity index is 202. The summed E-state index contributed by atoms with van der Waals surface area (Å²) >= 11 is 0. The summed E-state index contributed by atoms with van der Waals surface area (Å²) in [5, 5.41) is 19.1. The summed E-state index contributed by atoms with van der Waals surface area (Å²) < 4.78 is 0. The van der Waals surface area contributed by atoms with Crippen LogP contribution in [0.15, 0.2) is 12.2 Å². The number of carboxylic acids is 2. The van der Waals surface area contributed by atoms with Gasteiger partial charge in [-0.1, -0.05) is 0 Å². The van der Waals surface area contributed by atoms with Crippen molar-refractivity contribution in [3.05, 3.63) is 12.2 Å². The Balaban J connectivity index is 4.03. The van der Waals surface area contributed by atoms with Crippen LogP contribution in [0.4, 0.5) is 0 Å². The van der Waals surface area contributed by atoms with Gasteiger partial charge < -0.3 is 19.8 Å². The van der Waals surface area contributed by atoms with Crippen molar-refractivity contribution in [2.75, 3.05) is 0 Å². The summed E-state index contributed by atoms with van der Waals surface area (Å²) in [4.78, 5) is 29.2. The highest BCUT2D eigenvalue weighted by Gasteiger charge is 1.93. The van der Waals surface area contributed by atoms with E-state index in [4.69, 9.17) is 0 Å². The van der Waals surface area contributed by atoms with E-state index in [0.29, 0.717) is 12.2 Å². The number of ketones is 1. The molecule has 0 bridgehead atoms. The maximum atomic E-state index is 10.0. The molecule has 0 saturated carbocycles. The fraction of sp³-hybridized carbons (Fsp3) is 0. The fourth-order valence-electron chi connectivity index (χ4n) is 0.212. The first-order valence-corrected chi connectivity index (χ1v) is 2.18. The molecule has 0 aromatic heterocycles. The molecule has 0 radical (unpaired) electrons. The van der Waals surface area contributed by atoms with Crippen LogP contribution in [0.2, 0.25) is 0 Å². The number of rotatable bonds is 3. The van der Waals surface area contributed by atoms with Crippen molar-refractivity contribution < 1.29 is 24.6 Å². The normalized spacial score (nSPS) is 9.60. The minimum Gasteiger partial charge on any atom is -0.545 e. The van der Waals surface area contributed by atoms with Gasteiger partial charge in [0.1, 0.15) is 5.97 Å². The molecule has 0 rings (SSSR count). The van der Waals surface area contributed by atoms with Gasteiger partial charge in [-0.3, -0.25) is 4.79 Å². The molecule has 5 nitrogen and oxygen atoms in total. The Morgan fingerprint density at radius 3 is 1.80 bits per heavy atom. The van der Waals surface area contributed by atoms with Crippen LogP contribution in [-0.4, -0.2) is 17.7 Å². The Morgan fingerprint density at radius 1 is 1.00 bits per heavy atom. The summed E-state index contributed by atoms with van der Waals surface area (Å²) in [7, 11) is 0. The molecule has 0 N–H and O–H groups in total. The highest BCUT2D eigenvalue weighted by Crippen LogP contribution is 1.73. The Morgan fingerprint density at radius 2 is 1.50 bits per heavy atom. The molecule has 10 heavy (non-hydrogen) atoms. The number of carbonyl (C=O) groups excluding carboxylic acids is 3. The molecule has 0 atom stereocenters. The first-order valence-electron chi connectivity index (χ1n) is 2.18. The summed E-state index contributed by atoms with van der Waals surface area (Å²) in [5.41, 5.74) is 0. The zero-order valence-electron chi connectivity index (χ0n) is 4.70. The minimum absolute atomic E-state index is 0.318. The van der Waals surface area contributed by atoms with Gasteiger partial charge >= 0.3 is 0 Å². The summed E-state index contributed by atoms with van der Waals surface area (Å²) in [6.45, 7) is 0. The second-order valence-electron chi connectivity index (χ2n) is 1.30. The van der Waals surface area contributed by atoms with E-state index in [1.54, 1.807) is 0 Å². The van der Waals surface area contributed by atoms with Crippen LogP contribution in [0, 0.1) is 0 Å². The first kappa shape index (κ1) is 8.35. The van der Waals surface area contributed by atoms with E-state index >= 15 is 0 Å². The zero-order chi connectivity index (χ0) is 8.15. The van der Waals surface area contributed by atoms with Crippen molar-refractivity contribution in [3.63, 3.8) is 0 Å². The van der Waals surface area contributed by atoms with E-state index in [9.17, 15) is 24.6 Å².